The predicted molar refractivity (Wildman–Crippen MR) is 84.9 cm³/mol. The van der Waals surface area contributed by atoms with Crippen LogP contribution in [0.3, 0.4) is 0 Å². The van der Waals surface area contributed by atoms with Gasteiger partial charge in [-0.25, -0.2) is 4.39 Å². The Morgan fingerprint density at radius 2 is 2.22 bits per heavy atom. The van der Waals surface area contributed by atoms with E-state index >= 15 is 0 Å². The van der Waals surface area contributed by atoms with Crippen molar-refractivity contribution in [3.63, 3.8) is 0 Å². The fourth-order valence-electron chi connectivity index (χ4n) is 4.14. The molecule has 1 aliphatic carbocycles. The van der Waals surface area contributed by atoms with Gasteiger partial charge in [0, 0.05) is 26.1 Å². The van der Waals surface area contributed by atoms with Gasteiger partial charge in [0.05, 0.1) is 5.41 Å². The van der Waals surface area contributed by atoms with E-state index in [1.54, 1.807) is 17.0 Å². The van der Waals surface area contributed by atoms with Crippen molar-refractivity contribution in [3.8, 4) is 0 Å². The van der Waals surface area contributed by atoms with Crippen LogP contribution in [-0.4, -0.2) is 29.8 Å². The zero-order valence-corrected chi connectivity index (χ0v) is 13.5. The van der Waals surface area contributed by atoms with Crippen LogP contribution in [0.15, 0.2) is 24.3 Å². The highest BCUT2D eigenvalue weighted by molar-refractivity contribution is 5.87. The number of carbonyl (C=O) groups is 2. The average molecular weight is 318 g/mol. The van der Waals surface area contributed by atoms with Crippen LogP contribution in [0.4, 0.5) is 4.39 Å². The number of likely N-dealkylation sites (tertiary alicyclic amines) is 1. The highest BCUT2D eigenvalue weighted by atomic mass is 19.1. The van der Waals surface area contributed by atoms with Gasteiger partial charge in [0.1, 0.15) is 5.82 Å². The van der Waals surface area contributed by atoms with Crippen molar-refractivity contribution in [2.45, 2.75) is 51.1 Å². The molecule has 1 N–H and O–H groups in total. The third-order valence-corrected chi connectivity index (χ3v) is 5.43. The minimum Gasteiger partial charge on any atom is -0.351 e. The molecule has 124 valence electrons. The Bertz CT molecular complexity index is 619. The van der Waals surface area contributed by atoms with Crippen molar-refractivity contribution in [1.82, 2.24) is 10.2 Å². The third-order valence-electron chi connectivity index (χ3n) is 5.43. The van der Waals surface area contributed by atoms with Gasteiger partial charge >= 0.3 is 0 Å². The van der Waals surface area contributed by atoms with Crippen LogP contribution in [-0.2, 0) is 16.1 Å². The molecule has 0 bridgehead atoms. The molecule has 2 fully saturated rings. The first-order valence-electron chi connectivity index (χ1n) is 8.31. The second-order valence-corrected chi connectivity index (χ2v) is 6.73. The highest BCUT2D eigenvalue weighted by Crippen LogP contribution is 2.46. The molecule has 0 unspecified atom stereocenters. The molecule has 1 aromatic rings. The molecule has 23 heavy (non-hydrogen) atoms. The van der Waals surface area contributed by atoms with Crippen LogP contribution in [0.1, 0.15) is 44.1 Å². The van der Waals surface area contributed by atoms with Crippen molar-refractivity contribution < 1.29 is 14.0 Å². The largest absolute Gasteiger partial charge is 0.351 e. The Balaban J connectivity index is 1.74. The third kappa shape index (κ3) is 2.96. The van der Waals surface area contributed by atoms with Crippen LogP contribution in [0.2, 0.25) is 0 Å². The van der Waals surface area contributed by atoms with E-state index in [-0.39, 0.29) is 23.7 Å². The lowest BCUT2D eigenvalue weighted by molar-refractivity contribution is -0.153. The average Bonchev–Trinajstić information content (AvgIpc) is 2.56. The lowest BCUT2D eigenvalue weighted by Gasteiger charge is -2.50. The second kappa shape index (κ2) is 6.30. The lowest BCUT2D eigenvalue weighted by Crippen LogP contribution is -2.60. The minimum absolute atomic E-state index is 0.00538. The van der Waals surface area contributed by atoms with Gasteiger partial charge in [-0.3, -0.25) is 9.59 Å². The summed E-state index contributed by atoms with van der Waals surface area (Å²) in [4.78, 5) is 26.7. The van der Waals surface area contributed by atoms with Gasteiger partial charge in [-0.05, 0) is 37.0 Å². The van der Waals surface area contributed by atoms with Gasteiger partial charge < -0.3 is 10.2 Å². The summed E-state index contributed by atoms with van der Waals surface area (Å²) in [5, 5.41) is 2.98. The molecule has 1 aliphatic heterocycles. The Morgan fingerprint density at radius 1 is 1.39 bits per heavy atom. The van der Waals surface area contributed by atoms with Crippen LogP contribution >= 0.6 is 0 Å². The van der Waals surface area contributed by atoms with Gasteiger partial charge in [-0.2, -0.15) is 0 Å². The van der Waals surface area contributed by atoms with E-state index in [9.17, 15) is 14.0 Å². The second-order valence-electron chi connectivity index (χ2n) is 6.73. The highest BCUT2D eigenvalue weighted by Gasteiger charge is 2.52. The zero-order chi connectivity index (χ0) is 16.4. The summed E-state index contributed by atoms with van der Waals surface area (Å²) < 4.78 is 13.3. The maximum Gasteiger partial charge on any atom is 0.228 e. The SMILES string of the molecule is CN1C(=O)CC[C@]2(C(=O)NCc3cccc(F)c3)CCCC[C@@H]12. The summed E-state index contributed by atoms with van der Waals surface area (Å²) in [5.74, 6) is -0.162. The summed E-state index contributed by atoms with van der Waals surface area (Å²) in [6, 6.07) is 6.27. The Morgan fingerprint density at radius 3 is 3.00 bits per heavy atom. The van der Waals surface area contributed by atoms with Crippen molar-refractivity contribution in [2.75, 3.05) is 7.05 Å². The molecule has 2 amide bonds. The number of nitrogens with zero attached hydrogens (tertiary/aromatic N) is 1. The summed E-state index contributed by atoms with van der Waals surface area (Å²) in [6.45, 7) is 0.322. The Kier molecular flexibility index (Phi) is 4.37. The molecule has 2 atom stereocenters. The molecule has 4 nitrogen and oxygen atoms in total. The minimum atomic E-state index is -0.478. The number of amides is 2. The lowest BCUT2D eigenvalue weighted by atomic mass is 9.64. The number of hydrogen-bond acceptors (Lipinski definition) is 2. The molecule has 2 aliphatic rings. The number of hydrogen-bond donors (Lipinski definition) is 1. The fourth-order valence-corrected chi connectivity index (χ4v) is 4.14. The van der Waals surface area contributed by atoms with E-state index < -0.39 is 5.41 Å². The smallest absolute Gasteiger partial charge is 0.228 e. The molecule has 5 heteroatoms. The molecular weight excluding hydrogens is 295 g/mol. The first-order valence-corrected chi connectivity index (χ1v) is 8.31. The van der Waals surface area contributed by atoms with Crippen molar-refractivity contribution in [2.24, 2.45) is 5.41 Å². The maximum absolute atomic E-state index is 13.3. The molecule has 1 saturated heterocycles. The standard InChI is InChI=1S/C18H23FN2O2/c1-21-15-7-2-3-9-18(15,10-8-16(21)22)17(23)20-12-13-5-4-6-14(19)11-13/h4-6,11,15H,2-3,7-10,12H2,1H3,(H,20,23)/t15-,18-/m1/s1. The maximum atomic E-state index is 13.3. The van der Waals surface area contributed by atoms with Gasteiger partial charge in [0.15, 0.2) is 0 Å². The molecular formula is C18H23FN2O2. The van der Waals surface area contributed by atoms with Crippen LogP contribution in [0.25, 0.3) is 0 Å². The molecule has 0 spiro atoms. The van der Waals surface area contributed by atoms with Crippen molar-refractivity contribution in [1.29, 1.82) is 0 Å². The van der Waals surface area contributed by atoms with E-state index in [4.69, 9.17) is 0 Å². The monoisotopic (exact) mass is 318 g/mol. The Labute approximate surface area is 136 Å². The quantitative estimate of drug-likeness (QED) is 0.931. The van der Waals surface area contributed by atoms with E-state index in [1.165, 1.54) is 12.1 Å². The van der Waals surface area contributed by atoms with E-state index in [0.717, 1.165) is 31.2 Å². The number of nitrogens with one attached hydrogen (secondary N) is 1. The Hall–Kier alpha value is -1.91. The normalized spacial score (nSPS) is 27.5. The molecule has 1 aromatic carbocycles. The molecule has 3 rings (SSSR count). The number of piperidine rings is 1. The van der Waals surface area contributed by atoms with E-state index in [2.05, 4.69) is 5.32 Å². The van der Waals surface area contributed by atoms with Crippen LogP contribution in [0.5, 0.6) is 0 Å². The summed E-state index contributed by atoms with van der Waals surface area (Å²) >= 11 is 0. The molecule has 0 radical (unpaired) electrons. The number of rotatable bonds is 3. The van der Waals surface area contributed by atoms with Gasteiger partial charge in [-0.1, -0.05) is 25.0 Å². The zero-order valence-electron chi connectivity index (χ0n) is 13.5. The first kappa shape index (κ1) is 16.0. The summed E-state index contributed by atoms with van der Waals surface area (Å²) in [6.07, 6.45) is 4.84. The number of fused-ring (bicyclic) bond motifs is 1. The molecule has 1 saturated carbocycles. The van der Waals surface area contributed by atoms with Crippen molar-refractivity contribution >= 4 is 11.8 Å². The fraction of sp³-hybridized carbons (Fsp3) is 0.556. The predicted octanol–water partition coefficient (Wildman–Crippen LogP) is 2.62. The number of halogens is 1. The van der Waals surface area contributed by atoms with E-state index in [1.807, 2.05) is 7.05 Å². The summed E-state index contributed by atoms with van der Waals surface area (Å²) in [7, 11) is 1.81. The number of benzene rings is 1. The molecule has 1 heterocycles. The van der Waals surface area contributed by atoms with Crippen LogP contribution in [0, 0.1) is 11.2 Å². The topological polar surface area (TPSA) is 49.4 Å². The first-order chi connectivity index (χ1) is 11.0. The van der Waals surface area contributed by atoms with Gasteiger partial charge in [0.2, 0.25) is 11.8 Å². The van der Waals surface area contributed by atoms with Crippen molar-refractivity contribution in [3.05, 3.63) is 35.6 Å². The van der Waals surface area contributed by atoms with Crippen LogP contribution < -0.4 is 5.32 Å². The van der Waals surface area contributed by atoms with E-state index in [0.29, 0.717) is 19.4 Å². The summed E-state index contributed by atoms with van der Waals surface area (Å²) in [5.41, 5.74) is 0.274. The van der Waals surface area contributed by atoms with Gasteiger partial charge in [0.25, 0.3) is 0 Å². The molecule has 0 aromatic heterocycles. The number of carbonyl (C=O) groups excluding carboxylic acids is 2. The van der Waals surface area contributed by atoms with Gasteiger partial charge in [-0.15, -0.1) is 0 Å².